The number of pyridine rings is 1. The van der Waals surface area contributed by atoms with Crippen molar-refractivity contribution in [3.05, 3.63) is 30.1 Å². The van der Waals surface area contributed by atoms with Crippen molar-refractivity contribution in [3.63, 3.8) is 0 Å². The first kappa shape index (κ1) is 9.59. The molecule has 1 aromatic rings. The van der Waals surface area contributed by atoms with Gasteiger partial charge in [0.1, 0.15) is 0 Å². The summed E-state index contributed by atoms with van der Waals surface area (Å²) in [5.74, 6) is 1.12. The van der Waals surface area contributed by atoms with Crippen LogP contribution in [0.25, 0.3) is 0 Å². The van der Waals surface area contributed by atoms with Gasteiger partial charge in [0.2, 0.25) is 0 Å². The van der Waals surface area contributed by atoms with Crippen molar-refractivity contribution in [1.29, 1.82) is 0 Å². The maximum absolute atomic E-state index is 4.36. The monoisotopic (exact) mass is 181 g/mol. The normalized spacial score (nSPS) is 11.6. The Morgan fingerprint density at radius 1 is 1.42 bits per heavy atom. The predicted molar refractivity (Wildman–Crippen MR) is 55.6 cm³/mol. The van der Waals surface area contributed by atoms with Gasteiger partial charge in [-0.15, -0.1) is 0 Å². The Labute approximate surface area is 78.6 Å². The standard InChI is InChI=1S/C10H15NS/c1-10(2,8-12-3)9-6-4-5-7-11-9/h4-7H,8H2,1-3H3. The van der Waals surface area contributed by atoms with Gasteiger partial charge in [0.15, 0.2) is 0 Å². The largest absolute Gasteiger partial charge is 0.261 e. The average Bonchev–Trinajstić information content (AvgIpc) is 2.06. The zero-order valence-corrected chi connectivity index (χ0v) is 8.69. The summed E-state index contributed by atoms with van der Waals surface area (Å²) in [6, 6.07) is 6.10. The maximum Gasteiger partial charge on any atom is 0.0468 e. The molecule has 0 unspecified atom stereocenters. The summed E-state index contributed by atoms with van der Waals surface area (Å²) in [5, 5.41) is 0. The molecule has 0 radical (unpaired) electrons. The molecule has 0 saturated heterocycles. The molecule has 66 valence electrons. The molecule has 1 rings (SSSR count). The van der Waals surface area contributed by atoms with E-state index in [1.54, 1.807) is 0 Å². The minimum Gasteiger partial charge on any atom is -0.261 e. The second-order valence-electron chi connectivity index (χ2n) is 3.53. The molecule has 0 fully saturated rings. The summed E-state index contributed by atoms with van der Waals surface area (Å²) in [6.07, 6.45) is 3.99. The quantitative estimate of drug-likeness (QED) is 0.711. The average molecular weight is 181 g/mol. The second-order valence-corrected chi connectivity index (χ2v) is 4.40. The summed E-state index contributed by atoms with van der Waals surface area (Å²) < 4.78 is 0. The fourth-order valence-electron chi connectivity index (χ4n) is 1.20. The van der Waals surface area contributed by atoms with Crippen LogP contribution >= 0.6 is 11.8 Å². The minimum absolute atomic E-state index is 0.195. The number of thioether (sulfide) groups is 1. The van der Waals surface area contributed by atoms with Crippen molar-refractivity contribution in [2.75, 3.05) is 12.0 Å². The van der Waals surface area contributed by atoms with E-state index in [2.05, 4.69) is 31.2 Å². The van der Waals surface area contributed by atoms with E-state index in [9.17, 15) is 0 Å². The van der Waals surface area contributed by atoms with Crippen molar-refractivity contribution in [2.24, 2.45) is 0 Å². The number of rotatable bonds is 3. The molecule has 1 heterocycles. The van der Waals surface area contributed by atoms with Crippen molar-refractivity contribution in [2.45, 2.75) is 19.3 Å². The Morgan fingerprint density at radius 2 is 2.17 bits per heavy atom. The minimum atomic E-state index is 0.195. The molecule has 0 spiro atoms. The second kappa shape index (κ2) is 3.94. The van der Waals surface area contributed by atoms with Gasteiger partial charge in [0, 0.05) is 23.1 Å². The molecule has 1 aromatic heterocycles. The first-order chi connectivity index (χ1) is 5.67. The molecule has 12 heavy (non-hydrogen) atoms. The van der Waals surface area contributed by atoms with Crippen LogP contribution in [0, 0.1) is 0 Å². The lowest BCUT2D eigenvalue weighted by atomic mass is 9.91. The van der Waals surface area contributed by atoms with Crippen LogP contribution in [0.2, 0.25) is 0 Å². The van der Waals surface area contributed by atoms with Crippen LogP contribution in [-0.4, -0.2) is 17.0 Å². The Kier molecular flexibility index (Phi) is 3.15. The Hall–Kier alpha value is -0.500. The van der Waals surface area contributed by atoms with Gasteiger partial charge in [-0.3, -0.25) is 4.98 Å². The third-order valence-corrected chi connectivity index (χ3v) is 2.87. The van der Waals surface area contributed by atoms with Gasteiger partial charge in [0.25, 0.3) is 0 Å². The molecule has 0 amide bonds. The lowest BCUT2D eigenvalue weighted by Gasteiger charge is -2.22. The fraction of sp³-hybridized carbons (Fsp3) is 0.500. The van der Waals surface area contributed by atoms with Gasteiger partial charge in [-0.25, -0.2) is 0 Å². The van der Waals surface area contributed by atoms with Crippen LogP contribution in [0.3, 0.4) is 0 Å². The van der Waals surface area contributed by atoms with E-state index in [4.69, 9.17) is 0 Å². The van der Waals surface area contributed by atoms with E-state index < -0.39 is 0 Å². The van der Waals surface area contributed by atoms with E-state index in [-0.39, 0.29) is 5.41 Å². The summed E-state index contributed by atoms with van der Waals surface area (Å²) in [6.45, 7) is 4.46. The van der Waals surface area contributed by atoms with Gasteiger partial charge in [0.05, 0.1) is 0 Å². The first-order valence-corrected chi connectivity index (χ1v) is 5.46. The Morgan fingerprint density at radius 3 is 2.67 bits per heavy atom. The van der Waals surface area contributed by atoms with E-state index in [0.717, 1.165) is 5.75 Å². The zero-order chi connectivity index (χ0) is 9.03. The SMILES string of the molecule is CSCC(C)(C)c1ccccn1. The van der Waals surface area contributed by atoms with Crippen molar-refractivity contribution < 1.29 is 0 Å². The molecule has 0 aromatic carbocycles. The molecule has 0 N–H and O–H groups in total. The molecule has 0 aliphatic carbocycles. The first-order valence-electron chi connectivity index (χ1n) is 4.07. The summed E-state index contributed by atoms with van der Waals surface area (Å²) in [4.78, 5) is 4.36. The highest BCUT2D eigenvalue weighted by molar-refractivity contribution is 7.98. The number of hydrogen-bond acceptors (Lipinski definition) is 2. The Bertz CT molecular complexity index is 231. The topological polar surface area (TPSA) is 12.9 Å². The van der Waals surface area contributed by atoms with Crippen LogP contribution < -0.4 is 0 Å². The van der Waals surface area contributed by atoms with E-state index in [1.165, 1.54) is 5.69 Å². The summed E-state index contributed by atoms with van der Waals surface area (Å²) in [5.41, 5.74) is 1.38. The lowest BCUT2D eigenvalue weighted by Crippen LogP contribution is -2.21. The molecular weight excluding hydrogens is 166 g/mol. The van der Waals surface area contributed by atoms with Gasteiger partial charge >= 0.3 is 0 Å². The smallest absolute Gasteiger partial charge is 0.0468 e. The highest BCUT2D eigenvalue weighted by Gasteiger charge is 2.20. The van der Waals surface area contributed by atoms with Crippen LogP contribution in [0.1, 0.15) is 19.5 Å². The third-order valence-electron chi connectivity index (χ3n) is 1.86. The fourth-order valence-corrected chi connectivity index (χ4v) is 2.07. The van der Waals surface area contributed by atoms with Crippen molar-refractivity contribution >= 4 is 11.8 Å². The lowest BCUT2D eigenvalue weighted by molar-refractivity contribution is 0.581. The molecule has 2 heteroatoms. The number of nitrogens with zero attached hydrogens (tertiary/aromatic N) is 1. The van der Waals surface area contributed by atoms with E-state index in [1.807, 2.05) is 30.1 Å². The number of aromatic nitrogens is 1. The maximum atomic E-state index is 4.36. The van der Waals surface area contributed by atoms with Crippen LogP contribution in [0.15, 0.2) is 24.4 Å². The van der Waals surface area contributed by atoms with E-state index in [0.29, 0.717) is 0 Å². The molecular formula is C10H15NS. The molecule has 1 nitrogen and oxygen atoms in total. The molecule has 0 bridgehead atoms. The van der Waals surface area contributed by atoms with E-state index >= 15 is 0 Å². The van der Waals surface area contributed by atoms with Crippen LogP contribution in [0.5, 0.6) is 0 Å². The van der Waals surface area contributed by atoms with Gasteiger partial charge in [-0.1, -0.05) is 19.9 Å². The summed E-state index contributed by atoms with van der Waals surface area (Å²) >= 11 is 1.86. The van der Waals surface area contributed by atoms with Crippen LogP contribution in [0.4, 0.5) is 0 Å². The number of hydrogen-bond donors (Lipinski definition) is 0. The summed E-state index contributed by atoms with van der Waals surface area (Å²) in [7, 11) is 0. The van der Waals surface area contributed by atoms with Crippen molar-refractivity contribution in [1.82, 2.24) is 4.98 Å². The van der Waals surface area contributed by atoms with Crippen LogP contribution in [-0.2, 0) is 5.41 Å². The Balaban J connectivity index is 2.82. The molecule has 0 saturated carbocycles. The van der Waals surface area contributed by atoms with Crippen molar-refractivity contribution in [3.8, 4) is 0 Å². The van der Waals surface area contributed by atoms with Gasteiger partial charge in [-0.05, 0) is 18.4 Å². The van der Waals surface area contributed by atoms with Gasteiger partial charge in [-0.2, -0.15) is 11.8 Å². The van der Waals surface area contributed by atoms with Gasteiger partial charge < -0.3 is 0 Å². The molecule has 0 atom stereocenters. The highest BCUT2D eigenvalue weighted by Crippen LogP contribution is 2.24. The predicted octanol–water partition coefficient (Wildman–Crippen LogP) is 2.72. The highest BCUT2D eigenvalue weighted by atomic mass is 32.2. The molecule has 0 aliphatic heterocycles. The zero-order valence-electron chi connectivity index (χ0n) is 7.87. The molecule has 0 aliphatic rings. The third kappa shape index (κ3) is 2.24.